The van der Waals surface area contributed by atoms with Crippen LogP contribution >= 0.6 is 0 Å². The van der Waals surface area contributed by atoms with Crippen molar-refractivity contribution < 1.29 is 4.74 Å². The number of H-pyrrole nitrogens is 1. The van der Waals surface area contributed by atoms with Crippen molar-refractivity contribution in [3.8, 4) is 0 Å². The van der Waals surface area contributed by atoms with Crippen molar-refractivity contribution in [3.05, 3.63) is 36.0 Å². The van der Waals surface area contributed by atoms with Gasteiger partial charge in [0.2, 0.25) is 0 Å². The largest absolute Gasteiger partial charge is 0.379 e. The molecule has 0 radical (unpaired) electrons. The number of hydrogen-bond acceptors (Lipinski definition) is 2. The lowest BCUT2D eigenvalue weighted by atomic mass is 9.71. The standard InChI is InChI=1S/C15H20N2O/c1-14(2,16)8-15(9-18-10-15)12-7-17-13-6-4-3-5-11(12)13/h3-7,17H,8-10,16H2,1-2H3. The summed E-state index contributed by atoms with van der Waals surface area (Å²) < 4.78 is 5.49. The molecule has 0 bridgehead atoms. The van der Waals surface area contributed by atoms with E-state index in [-0.39, 0.29) is 11.0 Å². The molecule has 3 heteroatoms. The first kappa shape index (κ1) is 11.8. The van der Waals surface area contributed by atoms with E-state index in [1.165, 1.54) is 16.5 Å². The maximum absolute atomic E-state index is 6.22. The Kier molecular flexibility index (Phi) is 2.50. The van der Waals surface area contributed by atoms with Gasteiger partial charge >= 0.3 is 0 Å². The van der Waals surface area contributed by atoms with Crippen molar-refractivity contribution in [3.63, 3.8) is 0 Å². The van der Waals surface area contributed by atoms with Gasteiger partial charge in [-0.3, -0.25) is 0 Å². The van der Waals surface area contributed by atoms with Gasteiger partial charge in [-0.05, 0) is 31.9 Å². The van der Waals surface area contributed by atoms with Gasteiger partial charge in [0, 0.05) is 28.1 Å². The van der Waals surface area contributed by atoms with Crippen LogP contribution in [0, 0.1) is 0 Å². The highest BCUT2D eigenvalue weighted by Gasteiger charge is 2.44. The van der Waals surface area contributed by atoms with Crippen LogP contribution in [0.25, 0.3) is 10.9 Å². The van der Waals surface area contributed by atoms with Crippen LogP contribution in [0.15, 0.2) is 30.5 Å². The molecule has 96 valence electrons. The van der Waals surface area contributed by atoms with E-state index in [0.717, 1.165) is 19.6 Å². The van der Waals surface area contributed by atoms with Crippen LogP contribution in [0.2, 0.25) is 0 Å². The van der Waals surface area contributed by atoms with Gasteiger partial charge in [0.1, 0.15) is 0 Å². The Morgan fingerprint density at radius 3 is 2.67 bits per heavy atom. The number of nitrogens with one attached hydrogen (secondary N) is 1. The second-order valence-corrected chi connectivity index (χ2v) is 6.19. The number of nitrogens with two attached hydrogens (primary N) is 1. The van der Waals surface area contributed by atoms with Crippen LogP contribution in [-0.2, 0) is 10.2 Å². The number of rotatable bonds is 3. The monoisotopic (exact) mass is 244 g/mol. The fourth-order valence-electron chi connectivity index (χ4n) is 3.08. The third-order valence-electron chi connectivity index (χ3n) is 3.71. The average molecular weight is 244 g/mol. The second-order valence-electron chi connectivity index (χ2n) is 6.19. The lowest BCUT2D eigenvalue weighted by Gasteiger charge is -2.45. The van der Waals surface area contributed by atoms with Crippen LogP contribution in [0.1, 0.15) is 25.8 Å². The molecule has 0 aliphatic carbocycles. The summed E-state index contributed by atoms with van der Waals surface area (Å²) >= 11 is 0. The molecule has 0 atom stereocenters. The molecule has 0 saturated carbocycles. The SMILES string of the molecule is CC(C)(N)CC1(c2c[nH]c3ccccc23)COC1. The lowest BCUT2D eigenvalue weighted by molar-refractivity contribution is -0.0711. The number of aromatic amines is 1. The highest BCUT2D eigenvalue weighted by Crippen LogP contribution is 2.41. The van der Waals surface area contributed by atoms with Gasteiger partial charge in [0.15, 0.2) is 0 Å². The molecular weight excluding hydrogens is 224 g/mol. The summed E-state index contributed by atoms with van der Waals surface area (Å²) in [5.41, 5.74) is 8.66. The fourth-order valence-corrected chi connectivity index (χ4v) is 3.08. The van der Waals surface area contributed by atoms with Gasteiger partial charge < -0.3 is 15.5 Å². The molecule has 1 saturated heterocycles. The molecular formula is C15H20N2O. The maximum atomic E-state index is 6.22. The summed E-state index contributed by atoms with van der Waals surface area (Å²) in [6.45, 7) is 5.72. The van der Waals surface area contributed by atoms with Gasteiger partial charge in [0.05, 0.1) is 13.2 Å². The number of benzene rings is 1. The topological polar surface area (TPSA) is 51.0 Å². The van der Waals surface area contributed by atoms with Crippen LogP contribution in [0.5, 0.6) is 0 Å². The van der Waals surface area contributed by atoms with Crippen molar-refractivity contribution >= 4 is 10.9 Å². The zero-order valence-corrected chi connectivity index (χ0v) is 11.0. The minimum absolute atomic E-state index is 0.0812. The summed E-state index contributed by atoms with van der Waals surface area (Å²) in [4.78, 5) is 3.35. The number of para-hydroxylation sites is 1. The Morgan fingerprint density at radius 2 is 2.06 bits per heavy atom. The predicted molar refractivity (Wildman–Crippen MR) is 73.7 cm³/mol. The summed E-state index contributed by atoms with van der Waals surface area (Å²) in [6, 6.07) is 8.42. The van der Waals surface area contributed by atoms with Gasteiger partial charge in [-0.1, -0.05) is 18.2 Å². The highest BCUT2D eigenvalue weighted by atomic mass is 16.5. The molecule has 2 aromatic rings. The van der Waals surface area contributed by atoms with Crippen molar-refractivity contribution in [1.82, 2.24) is 4.98 Å². The van der Waals surface area contributed by atoms with E-state index >= 15 is 0 Å². The molecule has 3 rings (SSSR count). The summed E-state index contributed by atoms with van der Waals surface area (Å²) in [6.07, 6.45) is 3.07. The molecule has 1 fully saturated rings. The first-order valence-corrected chi connectivity index (χ1v) is 6.43. The Balaban J connectivity index is 2.06. The van der Waals surface area contributed by atoms with E-state index in [9.17, 15) is 0 Å². The highest BCUT2D eigenvalue weighted by molar-refractivity contribution is 5.84. The Bertz CT molecular complexity index is 561. The lowest BCUT2D eigenvalue weighted by Crippen LogP contribution is -2.53. The summed E-state index contributed by atoms with van der Waals surface area (Å²) in [7, 11) is 0. The zero-order chi connectivity index (χ0) is 12.8. The molecule has 1 aliphatic heterocycles. The third-order valence-corrected chi connectivity index (χ3v) is 3.71. The molecule has 18 heavy (non-hydrogen) atoms. The molecule has 0 amide bonds. The van der Waals surface area contributed by atoms with Crippen LogP contribution in [-0.4, -0.2) is 23.7 Å². The fraction of sp³-hybridized carbons (Fsp3) is 0.467. The first-order chi connectivity index (χ1) is 8.50. The van der Waals surface area contributed by atoms with Crippen molar-refractivity contribution in [2.24, 2.45) is 5.73 Å². The molecule has 1 aromatic heterocycles. The zero-order valence-electron chi connectivity index (χ0n) is 11.0. The van der Waals surface area contributed by atoms with E-state index < -0.39 is 0 Å². The predicted octanol–water partition coefficient (Wildman–Crippen LogP) is 2.56. The van der Waals surface area contributed by atoms with Crippen molar-refractivity contribution in [1.29, 1.82) is 0 Å². The van der Waals surface area contributed by atoms with Gasteiger partial charge in [-0.15, -0.1) is 0 Å². The average Bonchev–Trinajstić information content (AvgIpc) is 2.66. The van der Waals surface area contributed by atoms with E-state index in [1.807, 2.05) is 0 Å². The smallest absolute Gasteiger partial charge is 0.0587 e. The Hall–Kier alpha value is -1.32. The van der Waals surface area contributed by atoms with Crippen molar-refractivity contribution in [2.45, 2.75) is 31.2 Å². The normalized spacial score (nSPS) is 18.8. The molecule has 1 aliphatic rings. The number of aromatic nitrogens is 1. The van der Waals surface area contributed by atoms with Gasteiger partial charge in [0.25, 0.3) is 0 Å². The van der Waals surface area contributed by atoms with Crippen LogP contribution in [0.3, 0.4) is 0 Å². The number of ether oxygens (including phenoxy) is 1. The summed E-state index contributed by atoms with van der Waals surface area (Å²) in [5, 5.41) is 1.30. The van der Waals surface area contributed by atoms with Gasteiger partial charge in [-0.2, -0.15) is 0 Å². The summed E-state index contributed by atoms with van der Waals surface area (Å²) in [5.74, 6) is 0. The molecule has 0 spiro atoms. The maximum Gasteiger partial charge on any atom is 0.0587 e. The van der Waals surface area contributed by atoms with Crippen LogP contribution < -0.4 is 5.73 Å². The quantitative estimate of drug-likeness (QED) is 0.871. The molecule has 1 aromatic carbocycles. The van der Waals surface area contributed by atoms with Crippen molar-refractivity contribution in [2.75, 3.05) is 13.2 Å². The number of fused-ring (bicyclic) bond motifs is 1. The van der Waals surface area contributed by atoms with E-state index in [2.05, 4.69) is 49.3 Å². The van der Waals surface area contributed by atoms with Crippen LogP contribution in [0.4, 0.5) is 0 Å². The third kappa shape index (κ3) is 1.84. The van der Waals surface area contributed by atoms with E-state index in [1.54, 1.807) is 0 Å². The first-order valence-electron chi connectivity index (χ1n) is 6.43. The molecule has 3 nitrogen and oxygen atoms in total. The molecule has 3 N–H and O–H groups in total. The Morgan fingerprint density at radius 1 is 1.33 bits per heavy atom. The molecule has 0 unspecified atom stereocenters. The second kappa shape index (κ2) is 3.84. The van der Waals surface area contributed by atoms with Gasteiger partial charge in [-0.25, -0.2) is 0 Å². The number of hydrogen-bond donors (Lipinski definition) is 2. The van der Waals surface area contributed by atoms with E-state index in [4.69, 9.17) is 10.5 Å². The Labute approximate surface area is 107 Å². The van der Waals surface area contributed by atoms with E-state index in [0.29, 0.717) is 0 Å². The minimum atomic E-state index is -0.178. The molecule has 2 heterocycles. The minimum Gasteiger partial charge on any atom is -0.379 e.